The van der Waals surface area contributed by atoms with Gasteiger partial charge >= 0.3 is 0 Å². The van der Waals surface area contributed by atoms with E-state index in [1.165, 1.54) is 0 Å². The third kappa shape index (κ3) is 3.73. The van der Waals surface area contributed by atoms with Gasteiger partial charge in [-0.25, -0.2) is 0 Å². The maximum atomic E-state index is 10.4. The molecule has 1 aromatic heterocycles. The molecular weight excluding hydrogens is 332 g/mol. The van der Waals surface area contributed by atoms with Gasteiger partial charge in [0.2, 0.25) is 0 Å². The molecule has 5 heteroatoms. The Hall–Kier alpha value is -1.17. The topological polar surface area (TPSA) is 47.3 Å². The van der Waals surface area contributed by atoms with Crippen molar-refractivity contribution in [2.75, 3.05) is 7.11 Å². The molecule has 0 spiro atoms. The standard InChI is InChI=1S/C16H21BrN2O2/c1-4-13-16(17)14(19(2)18-13)9-15(20)12-7-5-11(6-8-12)10-21-3/h5-8,15,20H,4,9-10H2,1-3H3. The average Bonchev–Trinajstić information content (AvgIpc) is 2.75. The monoisotopic (exact) mass is 352 g/mol. The van der Waals surface area contributed by atoms with Crippen molar-refractivity contribution in [3.8, 4) is 0 Å². The van der Waals surface area contributed by atoms with E-state index in [-0.39, 0.29) is 0 Å². The number of hydrogen-bond acceptors (Lipinski definition) is 3. The molecule has 0 saturated heterocycles. The number of nitrogens with zero attached hydrogens (tertiary/aromatic N) is 2. The molecule has 0 amide bonds. The molecular formula is C16H21BrN2O2. The normalized spacial score (nSPS) is 12.6. The Balaban J connectivity index is 2.14. The molecule has 1 aromatic carbocycles. The zero-order valence-corrected chi connectivity index (χ0v) is 14.2. The van der Waals surface area contributed by atoms with Crippen LogP contribution in [0, 0.1) is 0 Å². The van der Waals surface area contributed by atoms with Crippen LogP contribution in [0.25, 0.3) is 0 Å². The highest BCUT2D eigenvalue weighted by Gasteiger charge is 2.17. The van der Waals surface area contributed by atoms with Crippen LogP contribution in [-0.2, 0) is 31.2 Å². The summed E-state index contributed by atoms with van der Waals surface area (Å²) in [7, 11) is 3.58. The van der Waals surface area contributed by atoms with Gasteiger partial charge < -0.3 is 9.84 Å². The van der Waals surface area contributed by atoms with E-state index < -0.39 is 6.10 Å². The smallest absolute Gasteiger partial charge is 0.0845 e. The van der Waals surface area contributed by atoms with Gasteiger partial charge in [0.05, 0.1) is 28.6 Å². The fraction of sp³-hybridized carbons (Fsp3) is 0.438. The fourth-order valence-corrected chi connectivity index (χ4v) is 3.12. The van der Waals surface area contributed by atoms with Gasteiger partial charge in [-0.15, -0.1) is 0 Å². The first-order valence-electron chi connectivity index (χ1n) is 7.02. The minimum absolute atomic E-state index is 0.535. The highest BCUT2D eigenvalue weighted by molar-refractivity contribution is 9.10. The molecule has 1 atom stereocenters. The molecule has 0 bridgehead atoms. The van der Waals surface area contributed by atoms with Gasteiger partial charge in [-0.1, -0.05) is 31.2 Å². The lowest BCUT2D eigenvalue weighted by Gasteiger charge is -2.12. The molecule has 4 nitrogen and oxygen atoms in total. The van der Waals surface area contributed by atoms with E-state index in [4.69, 9.17) is 4.74 Å². The largest absolute Gasteiger partial charge is 0.388 e. The van der Waals surface area contributed by atoms with Gasteiger partial charge in [0.15, 0.2) is 0 Å². The Morgan fingerprint density at radius 3 is 2.52 bits per heavy atom. The van der Waals surface area contributed by atoms with Crippen LogP contribution < -0.4 is 0 Å². The van der Waals surface area contributed by atoms with Crippen LogP contribution in [0.15, 0.2) is 28.7 Å². The number of rotatable bonds is 6. The summed E-state index contributed by atoms with van der Waals surface area (Å²) in [5.41, 5.74) is 4.04. The zero-order valence-electron chi connectivity index (χ0n) is 12.6. The number of methoxy groups -OCH3 is 1. The molecule has 0 aliphatic heterocycles. The maximum absolute atomic E-state index is 10.4. The Morgan fingerprint density at radius 2 is 2.00 bits per heavy atom. The number of benzene rings is 1. The third-order valence-corrected chi connectivity index (χ3v) is 4.48. The number of halogens is 1. The van der Waals surface area contributed by atoms with Crippen molar-refractivity contribution < 1.29 is 9.84 Å². The first kappa shape index (κ1) is 16.2. The average molecular weight is 353 g/mol. The molecule has 1 heterocycles. The van der Waals surface area contributed by atoms with Gasteiger partial charge in [-0.05, 0) is 33.5 Å². The fourth-order valence-electron chi connectivity index (χ4n) is 2.35. The first-order valence-corrected chi connectivity index (χ1v) is 7.82. The van der Waals surface area contributed by atoms with Crippen molar-refractivity contribution in [3.05, 3.63) is 51.3 Å². The second kappa shape index (κ2) is 7.20. The minimum atomic E-state index is -0.544. The number of aryl methyl sites for hydroxylation is 2. The van der Waals surface area contributed by atoms with Crippen molar-refractivity contribution in [2.45, 2.75) is 32.5 Å². The summed E-state index contributed by atoms with van der Waals surface area (Å²) < 4.78 is 7.93. The van der Waals surface area contributed by atoms with Gasteiger partial charge in [-0.2, -0.15) is 5.10 Å². The Morgan fingerprint density at radius 1 is 1.33 bits per heavy atom. The number of aromatic nitrogens is 2. The van der Waals surface area contributed by atoms with Gasteiger partial charge in [0.1, 0.15) is 0 Å². The first-order chi connectivity index (χ1) is 10.1. The quantitative estimate of drug-likeness (QED) is 0.868. The summed E-state index contributed by atoms with van der Waals surface area (Å²) in [6.45, 7) is 2.66. The molecule has 2 rings (SSSR count). The second-order valence-corrected chi connectivity index (χ2v) is 5.87. The van der Waals surface area contributed by atoms with E-state index in [1.54, 1.807) is 7.11 Å². The number of hydrogen-bond donors (Lipinski definition) is 1. The van der Waals surface area contributed by atoms with Crippen LogP contribution >= 0.6 is 15.9 Å². The molecule has 1 N–H and O–H groups in total. The minimum Gasteiger partial charge on any atom is -0.388 e. The zero-order chi connectivity index (χ0) is 15.4. The predicted octanol–water partition coefficient (Wildman–Crippen LogP) is 3.17. The summed E-state index contributed by atoms with van der Waals surface area (Å²) in [5.74, 6) is 0. The van der Waals surface area contributed by atoms with Crippen LogP contribution in [0.5, 0.6) is 0 Å². The molecule has 1 unspecified atom stereocenters. The second-order valence-electron chi connectivity index (χ2n) is 5.08. The Labute approximate surface area is 133 Å². The lowest BCUT2D eigenvalue weighted by atomic mass is 10.0. The summed E-state index contributed by atoms with van der Waals surface area (Å²) in [4.78, 5) is 0. The Bertz CT molecular complexity index is 593. The van der Waals surface area contributed by atoms with E-state index in [9.17, 15) is 5.11 Å². The van der Waals surface area contributed by atoms with E-state index >= 15 is 0 Å². The lowest BCUT2D eigenvalue weighted by molar-refractivity contribution is 0.174. The van der Waals surface area contributed by atoms with Crippen molar-refractivity contribution >= 4 is 15.9 Å². The molecule has 0 radical (unpaired) electrons. The molecule has 114 valence electrons. The van der Waals surface area contributed by atoms with Crippen LogP contribution in [0.4, 0.5) is 0 Å². The van der Waals surface area contributed by atoms with Crippen LogP contribution in [0.1, 0.15) is 35.5 Å². The SMILES string of the molecule is CCc1nn(C)c(CC(O)c2ccc(COC)cc2)c1Br. The predicted molar refractivity (Wildman–Crippen MR) is 86.1 cm³/mol. The summed E-state index contributed by atoms with van der Waals surface area (Å²) in [6.07, 6.45) is 0.863. The van der Waals surface area contributed by atoms with Crippen LogP contribution in [0.2, 0.25) is 0 Å². The number of aliphatic hydroxyl groups excluding tert-OH is 1. The van der Waals surface area contributed by atoms with E-state index in [0.717, 1.165) is 33.4 Å². The van der Waals surface area contributed by atoms with Crippen LogP contribution in [0.3, 0.4) is 0 Å². The summed E-state index contributed by atoms with van der Waals surface area (Å²) >= 11 is 3.58. The molecule has 0 fully saturated rings. The molecule has 0 aliphatic carbocycles. The van der Waals surface area contributed by atoms with E-state index in [0.29, 0.717) is 13.0 Å². The van der Waals surface area contributed by atoms with Crippen molar-refractivity contribution in [3.63, 3.8) is 0 Å². The van der Waals surface area contributed by atoms with E-state index in [2.05, 4.69) is 28.0 Å². The lowest BCUT2D eigenvalue weighted by Crippen LogP contribution is -2.07. The molecule has 21 heavy (non-hydrogen) atoms. The highest BCUT2D eigenvalue weighted by Crippen LogP contribution is 2.26. The van der Waals surface area contributed by atoms with Gasteiger partial charge in [-0.3, -0.25) is 4.68 Å². The van der Waals surface area contributed by atoms with Crippen molar-refractivity contribution in [1.29, 1.82) is 0 Å². The van der Waals surface area contributed by atoms with Crippen molar-refractivity contribution in [1.82, 2.24) is 9.78 Å². The Kier molecular flexibility index (Phi) is 5.56. The van der Waals surface area contributed by atoms with Crippen molar-refractivity contribution in [2.24, 2.45) is 7.05 Å². The summed E-state index contributed by atoms with van der Waals surface area (Å²) in [6, 6.07) is 7.86. The maximum Gasteiger partial charge on any atom is 0.0845 e. The van der Waals surface area contributed by atoms with Gasteiger partial charge in [0, 0.05) is 20.6 Å². The number of aliphatic hydroxyl groups is 1. The number of ether oxygens (including phenoxy) is 1. The van der Waals surface area contributed by atoms with E-state index in [1.807, 2.05) is 36.0 Å². The third-order valence-electron chi connectivity index (χ3n) is 3.57. The molecule has 0 aliphatic rings. The summed E-state index contributed by atoms with van der Waals surface area (Å²) in [5, 5.41) is 14.9. The molecule has 2 aromatic rings. The molecule has 0 saturated carbocycles. The van der Waals surface area contributed by atoms with Crippen LogP contribution in [-0.4, -0.2) is 22.0 Å². The van der Waals surface area contributed by atoms with Gasteiger partial charge in [0.25, 0.3) is 0 Å². The highest BCUT2D eigenvalue weighted by atomic mass is 79.9.